The van der Waals surface area contributed by atoms with Gasteiger partial charge in [-0.25, -0.2) is 0 Å². The second-order valence-corrected chi connectivity index (χ2v) is 10.1. The zero-order chi connectivity index (χ0) is 21.4. The Kier molecular flexibility index (Phi) is 6.51. The van der Waals surface area contributed by atoms with E-state index in [0.717, 1.165) is 24.8 Å². The van der Waals surface area contributed by atoms with Crippen LogP contribution in [0.4, 0.5) is 0 Å². The van der Waals surface area contributed by atoms with Crippen LogP contribution in [0.3, 0.4) is 0 Å². The number of ether oxygens (including phenoxy) is 5. The molecule has 3 saturated heterocycles. The molecule has 8 nitrogen and oxygen atoms in total. The number of rotatable bonds is 7. The monoisotopic (exact) mass is 442 g/mol. The van der Waals surface area contributed by atoms with Crippen LogP contribution in [0.1, 0.15) is 38.7 Å². The summed E-state index contributed by atoms with van der Waals surface area (Å²) in [5.74, 6) is -0.785. The third-order valence-electron chi connectivity index (χ3n) is 5.53. The first kappa shape index (κ1) is 22.1. The van der Waals surface area contributed by atoms with E-state index in [4.69, 9.17) is 27.9 Å². The van der Waals surface area contributed by atoms with Crippen molar-refractivity contribution in [1.82, 2.24) is 0 Å². The van der Waals surface area contributed by atoms with E-state index in [1.165, 1.54) is 12.1 Å². The first-order valence-corrected chi connectivity index (χ1v) is 11.8. The Morgan fingerprint density at radius 2 is 1.70 bits per heavy atom. The van der Waals surface area contributed by atoms with Gasteiger partial charge in [0.25, 0.3) is 10.1 Å². The topological polar surface area (TPSA) is 89.5 Å². The van der Waals surface area contributed by atoms with Crippen molar-refractivity contribution in [1.29, 1.82) is 0 Å². The summed E-state index contributed by atoms with van der Waals surface area (Å²) in [5.41, 5.74) is 0.972. The molecule has 3 aliphatic heterocycles. The van der Waals surface area contributed by atoms with Gasteiger partial charge in [-0.2, -0.15) is 8.42 Å². The average molecular weight is 443 g/mol. The molecule has 30 heavy (non-hydrogen) atoms. The molecule has 3 fully saturated rings. The lowest BCUT2D eigenvalue weighted by Crippen LogP contribution is -2.35. The van der Waals surface area contributed by atoms with Crippen molar-refractivity contribution in [2.75, 3.05) is 19.8 Å². The Hall–Kier alpha value is -1.07. The molecule has 0 spiro atoms. The van der Waals surface area contributed by atoms with Gasteiger partial charge in [-0.05, 0) is 52.2 Å². The minimum Gasteiger partial charge on any atom is -0.364 e. The largest absolute Gasteiger partial charge is 0.364 e. The van der Waals surface area contributed by atoms with Gasteiger partial charge >= 0.3 is 0 Å². The molecule has 1 aromatic carbocycles. The summed E-state index contributed by atoms with van der Waals surface area (Å²) < 4.78 is 59.9. The van der Waals surface area contributed by atoms with Crippen molar-refractivity contribution < 1.29 is 36.3 Å². The van der Waals surface area contributed by atoms with Gasteiger partial charge in [0.15, 0.2) is 12.1 Å². The quantitative estimate of drug-likeness (QED) is 0.595. The summed E-state index contributed by atoms with van der Waals surface area (Å²) in [7, 11) is -3.90. The molecule has 9 heteroatoms. The molecule has 168 valence electrons. The predicted octanol–water partition coefficient (Wildman–Crippen LogP) is 2.53. The van der Waals surface area contributed by atoms with Crippen LogP contribution < -0.4 is 0 Å². The van der Waals surface area contributed by atoms with Crippen LogP contribution in [0, 0.1) is 6.92 Å². The highest BCUT2D eigenvalue weighted by molar-refractivity contribution is 7.86. The van der Waals surface area contributed by atoms with E-state index in [2.05, 4.69) is 0 Å². The summed E-state index contributed by atoms with van der Waals surface area (Å²) in [6.45, 7) is 6.37. The van der Waals surface area contributed by atoms with Crippen molar-refractivity contribution in [3.63, 3.8) is 0 Å². The molecule has 0 bridgehead atoms. The Labute approximate surface area is 177 Å². The summed E-state index contributed by atoms with van der Waals surface area (Å²) >= 11 is 0. The van der Waals surface area contributed by atoms with Crippen LogP contribution in [0.5, 0.6) is 0 Å². The van der Waals surface area contributed by atoms with E-state index in [1.807, 2.05) is 20.8 Å². The number of hydrogen-bond donors (Lipinski definition) is 0. The summed E-state index contributed by atoms with van der Waals surface area (Å²) in [5, 5.41) is 0. The van der Waals surface area contributed by atoms with Gasteiger partial charge < -0.3 is 23.7 Å². The normalized spacial score (nSPS) is 33.5. The van der Waals surface area contributed by atoms with Gasteiger partial charge in [0, 0.05) is 6.61 Å². The maximum absolute atomic E-state index is 12.5. The fourth-order valence-electron chi connectivity index (χ4n) is 4.01. The molecular formula is C21H30O8S. The Balaban J connectivity index is 1.39. The van der Waals surface area contributed by atoms with Gasteiger partial charge in [0.2, 0.25) is 0 Å². The Bertz CT molecular complexity index is 816. The highest BCUT2D eigenvalue weighted by Crippen LogP contribution is 2.39. The fourth-order valence-corrected chi connectivity index (χ4v) is 4.93. The number of aryl methyl sites for hydroxylation is 1. The zero-order valence-corrected chi connectivity index (χ0v) is 18.4. The lowest BCUT2D eigenvalue weighted by Gasteiger charge is -2.27. The highest BCUT2D eigenvalue weighted by atomic mass is 32.2. The molecule has 0 aliphatic carbocycles. The Morgan fingerprint density at radius 1 is 1.03 bits per heavy atom. The van der Waals surface area contributed by atoms with Crippen LogP contribution >= 0.6 is 0 Å². The standard InChI is InChI=1S/C21H30O8S/c1-14-7-9-15(10-8-14)30(22,23)26-13-17-20-19(28-21(2,3)29-20)16(27-17)12-25-18-6-4-5-11-24-18/h7-10,16-20H,4-6,11-13H2,1-3H3/t16?,17-,18?,19-,20+/m1/s1. The molecule has 2 unspecified atom stereocenters. The molecule has 0 aromatic heterocycles. The highest BCUT2D eigenvalue weighted by Gasteiger charge is 2.55. The van der Waals surface area contributed by atoms with Crippen LogP contribution in [-0.2, 0) is 38.0 Å². The van der Waals surface area contributed by atoms with Crippen molar-refractivity contribution >= 4 is 10.1 Å². The lowest BCUT2D eigenvalue weighted by atomic mass is 10.1. The third-order valence-corrected chi connectivity index (χ3v) is 6.82. The minimum absolute atomic E-state index is 0.112. The zero-order valence-electron chi connectivity index (χ0n) is 17.6. The summed E-state index contributed by atoms with van der Waals surface area (Å²) in [6, 6.07) is 6.52. The maximum Gasteiger partial charge on any atom is 0.297 e. The number of benzene rings is 1. The molecule has 0 radical (unpaired) electrons. The Morgan fingerprint density at radius 3 is 2.33 bits per heavy atom. The molecule has 3 aliphatic rings. The van der Waals surface area contributed by atoms with Crippen LogP contribution in [0.2, 0.25) is 0 Å². The van der Waals surface area contributed by atoms with E-state index in [0.29, 0.717) is 6.61 Å². The van der Waals surface area contributed by atoms with Crippen molar-refractivity contribution in [3.05, 3.63) is 29.8 Å². The van der Waals surface area contributed by atoms with Crippen LogP contribution in [0.25, 0.3) is 0 Å². The van der Waals surface area contributed by atoms with Gasteiger partial charge in [0.05, 0.1) is 18.1 Å². The molecule has 4 rings (SSSR count). The fraction of sp³-hybridized carbons (Fsp3) is 0.714. The molecule has 0 N–H and O–H groups in total. The van der Waals surface area contributed by atoms with Gasteiger partial charge in [-0.15, -0.1) is 0 Å². The van der Waals surface area contributed by atoms with Crippen molar-refractivity contribution in [2.24, 2.45) is 0 Å². The van der Waals surface area contributed by atoms with E-state index in [1.54, 1.807) is 12.1 Å². The van der Waals surface area contributed by atoms with E-state index in [-0.39, 0.29) is 30.5 Å². The second kappa shape index (κ2) is 8.82. The maximum atomic E-state index is 12.5. The van der Waals surface area contributed by atoms with Crippen molar-refractivity contribution in [2.45, 2.75) is 81.4 Å². The number of fused-ring (bicyclic) bond motifs is 1. The average Bonchev–Trinajstić information content (AvgIpc) is 3.19. The van der Waals surface area contributed by atoms with Crippen LogP contribution in [0.15, 0.2) is 29.2 Å². The summed E-state index contributed by atoms with van der Waals surface area (Å²) in [4.78, 5) is 0.112. The number of hydrogen-bond acceptors (Lipinski definition) is 8. The lowest BCUT2D eigenvalue weighted by molar-refractivity contribution is -0.213. The predicted molar refractivity (Wildman–Crippen MR) is 106 cm³/mol. The molecule has 1 aromatic rings. The molecule has 3 heterocycles. The SMILES string of the molecule is Cc1ccc(S(=O)(=O)OC[C@H]2OC(COC3CCCCO3)[C@H]3OC(C)(C)O[C@H]32)cc1. The van der Waals surface area contributed by atoms with Gasteiger partial charge in [0.1, 0.15) is 24.4 Å². The van der Waals surface area contributed by atoms with Gasteiger partial charge in [-0.3, -0.25) is 4.18 Å². The summed E-state index contributed by atoms with van der Waals surface area (Å²) in [6.07, 6.45) is 0.954. The smallest absolute Gasteiger partial charge is 0.297 e. The second-order valence-electron chi connectivity index (χ2n) is 8.46. The molecular weight excluding hydrogens is 412 g/mol. The van der Waals surface area contributed by atoms with Crippen LogP contribution in [-0.4, -0.2) is 64.7 Å². The van der Waals surface area contributed by atoms with E-state index >= 15 is 0 Å². The van der Waals surface area contributed by atoms with E-state index < -0.39 is 34.2 Å². The molecule has 0 saturated carbocycles. The first-order valence-electron chi connectivity index (χ1n) is 10.4. The third kappa shape index (κ3) is 5.04. The molecule has 5 atom stereocenters. The van der Waals surface area contributed by atoms with E-state index in [9.17, 15) is 8.42 Å². The minimum atomic E-state index is -3.90. The molecule has 0 amide bonds. The van der Waals surface area contributed by atoms with Crippen molar-refractivity contribution in [3.8, 4) is 0 Å². The van der Waals surface area contributed by atoms with Gasteiger partial charge in [-0.1, -0.05) is 17.7 Å². The first-order chi connectivity index (χ1) is 14.2.